The fraction of sp³-hybridized carbons (Fsp3) is 0.632. The van der Waals surface area contributed by atoms with E-state index in [4.69, 9.17) is 5.11 Å². The molecule has 0 aromatic heterocycles. The van der Waals surface area contributed by atoms with Gasteiger partial charge in [-0.2, -0.15) is 0 Å². The van der Waals surface area contributed by atoms with E-state index in [2.05, 4.69) is 36.6 Å². The zero-order valence-corrected chi connectivity index (χ0v) is 14.8. The monoisotopic (exact) mass is 322 g/mol. The van der Waals surface area contributed by atoms with Gasteiger partial charge in [-0.1, -0.05) is 63.1 Å². The van der Waals surface area contributed by atoms with E-state index in [9.17, 15) is 4.79 Å². The van der Waals surface area contributed by atoms with Crippen molar-refractivity contribution in [3.05, 3.63) is 36.5 Å². The van der Waals surface area contributed by atoms with Crippen LogP contribution in [-0.4, -0.2) is 37.3 Å². The molecule has 4 heteroatoms. The minimum absolute atomic E-state index is 0.296. The van der Waals surface area contributed by atoms with Crippen molar-refractivity contribution in [2.45, 2.75) is 46.0 Å². The van der Waals surface area contributed by atoms with Gasteiger partial charge in [-0.05, 0) is 32.4 Å². The van der Waals surface area contributed by atoms with E-state index >= 15 is 0 Å². The predicted octanol–water partition coefficient (Wildman–Crippen LogP) is 3.53. The van der Waals surface area contributed by atoms with Crippen LogP contribution in [0.4, 0.5) is 0 Å². The molecule has 132 valence electrons. The molecule has 0 radical (unpaired) electrons. The number of hydrogen-bond acceptors (Lipinski definition) is 3. The van der Waals surface area contributed by atoms with E-state index in [1.807, 2.05) is 12.2 Å². The number of hydrogen-bond donors (Lipinski definition) is 3. The zero-order valence-electron chi connectivity index (χ0n) is 14.8. The molecule has 23 heavy (non-hydrogen) atoms. The standard InChI is InChI=1S/C12H26N2.C7H8O2/c1-3-5-9-13-11-7-8-12-14-10-6-4-2;8-7(9)6-4-2-1-3-5-6/h7-8,13-14H,3-6,9-12H2,1-2H3;1-4,6H,5H2,(H,8,9). The Labute approximate surface area is 141 Å². The van der Waals surface area contributed by atoms with Crippen molar-refractivity contribution in [1.29, 1.82) is 0 Å². The maximum atomic E-state index is 10.3. The highest BCUT2D eigenvalue weighted by atomic mass is 16.4. The lowest BCUT2D eigenvalue weighted by Crippen LogP contribution is -2.17. The average molecular weight is 322 g/mol. The molecule has 0 saturated heterocycles. The van der Waals surface area contributed by atoms with Gasteiger partial charge in [0.25, 0.3) is 0 Å². The van der Waals surface area contributed by atoms with Gasteiger partial charge in [-0.15, -0.1) is 0 Å². The Morgan fingerprint density at radius 2 is 1.65 bits per heavy atom. The molecular weight excluding hydrogens is 288 g/mol. The van der Waals surface area contributed by atoms with Crippen molar-refractivity contribution >= 4 is 5.97 Å². The molecule has 1 aliphatic rings. The third-order valence-electron chi connectivity index (χ3n) is 3.40. The Hall–Kier alpha value is -1.39. The van der Waals surface area contributed by atoms with E-state index in [-0.39, 0.29) is 5.92 Å². The van der Waals surface area contributed by atoms with Crippen LogP contribution in [0.1, 0.15) is 46.0 Å². The van der Waals surface area contributed by atoms with Crippen LogP contribution in [0.2, 0.25) is 0 Å². The van der Waals surface area contributed by atoms with Crippen molar-refractivity contribution in [1.82, 2.24) is 10.6 Å². The Balaban J connectivity index is 0.000000459. The summed E-state index contributed by atoms with van der Waals surface area (Å²) < 4.78 is 0. The van der Waals surface area contributed by atoms with Gasteiger partial charge in [0.1, 0.15) is 0 Å². The first kappa shape index (κ1) is 21.6. The normalized spacial score (nSPS) is 16.3. The molecule has 0 amide bonds. The first-order valence-electron chi connectivity index (χ1n) is 8.84. The summed E-state index contributed by atoms with van der Waals surface area (Å²) in [5.41, 5.74) is 0. The smallest absolute Gasteiger partial charge is 0.310 e. The Morgan fingerprint density at radius 1 is 1.09 bits per heavy atom. The zero-order chi connectivity index (χ0) is 17.2. The fourth-order valence-corrected chi connectivity index (χ4v) is 1.90. The van der Waals surface area contributed by atoms with Gasteiger partial charge in [-0.25, -0.2) is 0 Å². The van der Waals surface area contributed by atoms with E-state index in [1.165, 1.54) is 25.7 Å². The summed E-state index contributed by atoms with van der Waals surface area (Å²) in [5.74, 6) is -1.04. The largest absolute Gasteiger partial charge is 0.481 e. The number of carboxylic acid groups (broad SMARTS) is 1. The number of rotatable bonds is 11. The number of nitrogens with one attached hydrogen (secondary N) is 2. The Kier molecular flexibility index (Phi) is 15.9. The molecular formula is C19H34N2O2. The lowest BCUT2D eigenvalue weighted by molar-refractivity contribution is -0.139. The van der Waals surface area contributed by atoms with E-state index < -0.39 is 5.97 Å². The Bertz CT molecular complexity index is 348. The molecule has 0 spiro atoms. The van der Waals surface area contributed by atoms with Crippen molar-refractivity contribution in [3.8, 4) is 0 Å². The molecule has 0 aliphatic heterocycles. The highest BCUT2D eigenvalue weighted by Gasteiger charge is 2.12. The van der Waals surface area contributed by atoms with Crippen LogP contribution in [0.25, 0.3) is 0 Å². The van der Waals surface area contributed by atoms with Crippen molar-refractivity contribution < 1.29 is 9.90 Å². The van der Waals surface area contributed by atoms with E-state index in [0.717, 1.165) is 26.2 Å². The highest BCUT2D eigenvalue weighted by Crippen LogP contribution is 2.10. The summed E-state index contributed by atoms with van der Waals surface area (Å²) in [7, 11) is 0. The first-order chi connectivity index (χ1) is 11.2. The summed E-state index contributed by atoms with van der Waals surface area (Å²) in [5, 5.41) is 15.2. The van der Waals surface area contributed by atoms with Gasteiger partial charge in [0.2, 0.25) is 0 Å². The molecule has 3 N–H and O–H groups in total. The molecule has 0 fully saturated rings. The molecule has 0 heterocycles. The van der Waals surface area contributed by atoms with Crippen LogP contribution in [0.3, 0.4) is 0 Å². The highest BCUT2D eigenvalue weighted by molar-refractivity contribution is 5.72. The summed E-state index contributed by atoms with van der Waals surface area (Å²) >= 11 is 0. The molecule has 4 nitrogen and oxygen atoms in total. The molecule has 0 saturated carbocycles. The topological polar surface area (TPSA) is 61.4 Å². The Morgan fingerprint density at radius 3 is 2.00 bits per heavy atom. The maximum absolute atomic E-state index is 10.3. The molecule has 1 atom stereocenters. The van der Waals surface area contributed by atoms with Gasteiger partial charge in [0.15, 0.2) is 0 Å². The quantitative estimate of drug-likeness (QED) is 0.402. The SMILES string of the molecule is CCCCNCC=CCNCCCC.O=C(O)C1C=CC=CC1. The third kappa shape index (κ3) is 15.3. The molecule has 1 rings (SSSR count). The average Bonchev–Trinajstić information content (AvgIpc) is 2.58. The van der Waals surface area contributed by atoms with Crippen molar-refractivity contribution in [2.75, 3.05) is 26.2 Å². The van der Waals surface area contributed by atoms with Crippen LogP contribution < -0.4 is 10.6 Å². The summed E-state index contributed by atoms with van der Waals surface area (Å²) in [6.07, 6.45) is 17.3. The van der Waals surface area contributed by atoms with Crippen LogP contribution >= 0.6 is 0 Å². The summed E-state index contributed by atoms with van der Waals surface area (Å²) in [6, 6.07) is 0. The van der Waals surface area contributed by atoms with Crippen LogP contribution in [0.15, 0.2) is 36.5 Å². The number of carboxylic acids is 1. The van der Waals surface area contributed by atoms with Crippen molar-refractivity contribution in [3.63, 3.8) is 0 Å². The van der Waals surface area contributed by atoms with Crippen LogP contribution in [-0.2, 0) is 4.79 Å². The van der Waals surface area contributed by atoms with Gasteiger partial charge in [0, 0.05) is 13.1 Å². The van der Waals surface area contributed by atoms with E-state index in [1.54, 1.807) is 12.2 Å². The van der Waals surface area contributed by atoms with E-state index in [0.29, 0.717) is 6.42 Å². The summed E-state index contributed by atoms with van der Waals surface area (Å²) in [6.45, 7) is 8.74. The second-order valence-electron chi connectivity index (χ2n) is 5.58. The minimum atomic E-state index is -0.740. The third-order valence-corrected chi connectivity index (χ3v) is 3.40. The molecule has 0 aromatic rings. The van der Waals surface area contributed by atoms with Crippen LogP contribution in [0.5, 0.6) is 0 Å². The van der Waals surface area contributed by atoms with Gasteiger partial charge >= 0.3 is 5.97 Å². The lowest BCUT2D eigenvalue weighted by Gasteiger charge is -2.04. The molecule has 1 aliphatic carbocycles. The number of unbranched alkanes of at least 4 members (excludes halogenated alkanes) is 2. The second kappa shape index (κ2) is 17.0. The number of carbonyl (C=O) groups is 1. The van der Waals surface area contributed by atoms with Gasteiger partial charge in [0.05, 0.1) is 5.92 Å². The maximum Gasteiger partial charge on any atom is 0.310 e. The van der Waals surface area contributed by atoms with Gasteiger partial charge < -0.3 is 15.7 Å². The molecule has 1 unspecified atom stereocenters. The molecule has 0 bridgehead atoms. The first-order valence-corrected chi connectivity index (χ1v) is 8.84. The second-order valence-corrected chi connectivity index (χ2v) is 5.58. The number of aliphatic carboxylic acids is 1. The lowest BCUT2D eigenvalue weighted by atomic mass is 10.0. The van der Waals surface area contributed by atoms with Gasteiger partial charge in [-0.3, -0.25) is 4.79 Å². The molecule has 0 aromatic carbocycles. The fourth-order valence-electron chi connectivity index (χ4n) is 1.90. The van der Waals surface area contributed by atoms with Crippen LogP contribution in [0, 0.1) is 5.92 Å². The predicted molar refractivity (Wildman–Crippen MR) is 98.7 cm³/mol. The van der Waals surface area contributed by atoms with Crippen molar-refractivity contribution in [2.24, 2.45) is 5.92 Å². The minimum Gasteiger partial charge on any atom is -0.481 e. The summed E-state index contributed by atoms with van der Waals surface area (Å²) in [4.78, 5) is 10.3. The number of allylic oxidation sites excluding steroid dienone is 3.